The number of aromatic nitrogens is 2. The lowest BCUT2D eigenvalue weighted by Gasteiger charge is -2.07. The number of nitrogens with one attached hydrogen (secondary N) is 1. The third-order valence-corrected chi connectivity index (χ3v) is 3.64. The molecule has 1 N–H and O–H groups in total. The van der Waals surface area contributed by atoms with Crippen LogP contribution in [-0.4, -0.2) is 21.4 Å². The van der Waals surface area contributed by atoms with Gasteiger partial charge in [-0.2, -0.15) is 0 Å². The van der Waals surface area contributed by atoms with Crippen molar-refractivity contribution in [3.05, 3.63) is 32.1 Å². The zero-order valence-corrected chi connectivity index (χ0v) is 12.5. The van der Waals surface area contributed by atoms with Gasteiger partial charge >= 0.3 is 5.69 Å². The maximum absolute atomic E-state index is 11.3. The van der Waals surface area contributed by atoms with Crippen molar-refractivity contribution >= 4 is 23.0 Å². The number of rotatable bonds is 5. The predicted molar refractivity (Wildman–Crippen MR) is 80.3 cm³/mol. The summed E-state index contributed by atoms with van der Waals surface area (Å²) < 4.78 is 0. The highest BCUT2D eigenvalue weighted by Crippen LogP contribution is 2.33. The number of nitrogens with zero attached hydrogens (tertiary/aromatic N) is 3. The molecular weight excluding hydrogens is 276 g/mol. The van der Waals surface area contributed by atoms with Crippen LogP contribution in [-0.2, 0) is 0 Å². The van der Waals surface area contributed by atoms with Crippen molar-refractivity contribution in [1.82, 2.24) is 9.97 Å². The first-order chi connectivity index (χ1) is 9.52. The third-order valence-electron chi connectivity index (χ3n) is 2.78. The van der Waals surface area contributed by atoms with Crippen LogP contribution in [0.1, 0.15) is 23.9 Å². The van der Waals surface area contributed by atoms with Gasteiger partial charge in [-0.05, 0) is 26.3 Å². The van der Waals surface area contributed by atoms with Gasteiger partial charge in [0.15, 0.2) is 5.69 Å². The zero-order valence-electron chi connectivity index (χ0n) is 11.6. The summed E-state index contributed by atoms with van der Waals surface area (Å²) in [5.74, 6) is 0.439. The molecule has 0 aromatic carbocycles. The Hall–Kier alpha value is -2.02. The Morgan fingerprint density at radius 3 is 2.70 bits per heavy atom. The standard InChI is InChI=1S/C13H16N4O2S/c1-4-5-14-13-15-9(3)12(17(18)19)11(16-13)10-6-8(2)20-7-10/h6-7H,4-5H2,1-3H3,(H,14,15,16). The average Bonchev–Trinajstić information content (AvgIpc) is 2.81. The Labute approximate surface area is 121 Å². The van der Waals surface area contributed by atoms with Crippen LogP contribution in [0, 0.1) is 24.0 Å². The van der Waals surface area contributed by atoms with E-state index >= 15 is 0 Å². The van der Waals surface area contributed by atoms with Gasteiger partial charge in [0.1, 0.15) is 5.69 Å². The highest BCUT2D eigenvalue weighted by molar-refractivity contribution is 7.10. The summed E-state index contributed by atoms with van der Waals surface area (Å²) in [6, 6.07) is 1.91. The first kappa shape index (κ1) is 14.4. The van der Waals surface area contributed by atoms with Gasteiger partial charge in [-0.15, -0.1) is 11.3 Å². The summed E-state index contributed by atoms with van der Waals surface area (Å²) in [5.41, 5.74) is 1.50. The van der Waals surface area contributed by atoms with E-state index in [0.29, 0.717) is 17.3 Å². The summed E-state index contributed by atoms with van der Waals surface area (Å²) >= 11 is 1.55. The molecule has 0 bridgehead atoms. The van der Waals surface area contributed by atoms with Gasteiger partial charge in [0.25, 0.3) is 0 Å². The molecule has 2 aromatic rings. The summed E-state index contributed by atoms with van der Waals surface area (Å²) in [6.07, 6.45) is 0.937. The van der Waals surface area contributed by atoms with E-state index in [4.69, 9.17) is 0 Å². The van der Waals surface area contributed by atoms with Crippen LogP contribution in [0.2, 0.25) is 0 Å². The molecule has 0 atom stereocenters. The maximum atomic E-state index is 11.3. The second-order valence-electron chi connectivity index (χ2n) is 4.46. The van der Waals surface area contributed by atoms with E-state index in [2.05, 4.69) is 15.3 Å². The first-order valence-corrected chi connectivity index (χ1v) is 7.23. The largest absolute Gasteiger partial charge is 0.354 e. The van der Waals surface area contributed by atoms with Gasteiger partial charge in [-0.1, -0.05) is 6.92 Å². The molecule has 2 heterocycles. The Bertz CT molecular complexity index is 639. The predicted octanol–water partition coefficient (Wildman–Crippen LogP) is 3.55. The SMILES string of the molecule is CCCNc1nc(C)c([N+](=O)[O-])c(-c2csc(C)c2)n1. The van der Waals surface area contributed by atoms with Gasteiger partial charge in [-0.3, -0.25) is 10.1 Å². The molecular formula is C13H16N4O2S. The Morgan fingerprint density at radius 2 is 2.15 bits per heavy atom. The second kappa shape index (κ2) is 5.96. The molecule has 0 amide bonds. The van der Waals surface area contributed by atoms with Gasteiger partial charge in [0, 0.05) is 22.4 Å². The van der Waals surface area contributed by atoms with Crippen molar-refractivity contribution in [2.75, 3.05) is 11.9 Å². The third kappa shape index (κ3) is 2.93. The van der Waals surface area contributed by atoms with Crippen LogP contribution in [0.3, 0.4) is 0 Å². The topological polar surface area (TPSA) is 81.0 Å². The molecule has 106 valence electrons. The molecule has 2 rings (SSSR count). The lowest BCUT2D eigenvalue weighted by Crippen LogP contribution is -2.08. The van der Waals surface area contributed by atoms with Crippen LogP contribution < -0.4 is 5.32 Å². The molecule has 6 nitrogen and oxygen atoms in total. The molecule has 20 heavy (non-hydrogen) atoms. The molecule has 0 spiro atoms. The van der Waals surface area contributed by atoms with E-state index in [9.17, 15) is 10.1 Å². The monoisotopic (exact) mass is 292 g/mol. The minimum absolute atomic E-state index is 0.0233. The molecule has 0 aliphatic heterocycles. The minimum atomic E-state index is -0.415. The molecule has 0 radical (unpaired) electrons. The van der Waals surface area contributed by atoms with Gasteiger partial charge in [0.05, 0.1) is 4.92 Å². The zero-order chi connectivity index (χ0) is 14.7. The molecule has 0 saturated carbocycles. The molecule has 7 heteroatoms. The lowest BCUT2D eigenvalue weighted by molar-refractivity contribution is -0.385. The Balaban J connectivity index is 2.55. The van der Waals surface area contributed by atoms with E-state index in [1.54, 1.807) is 18.3 Å². The van der Waals surface area contributed by atoms with Crippen molar-refractivity contribution in [3.63, 3.8) is 0 Å². The summed E-state index contributed by atoms with van der Waals surface area (Å²) in [4.78, 5) is 20.4. The summed E-state index contributed by atoms with van der Waals surface area (Å²) in [5, 5.41) is 16.2. The minimum Gasteiger partial charge on any atom is -0.354 e. The second-order valence-corrected chi connectivity index (χ2v) is 5.58. The molecule has 0 fully saturated rings. The number of aryl methyl sites for hydroxylation is 2. The summed E-state index contributed by atoms with van der Waals surface area (Å²) in [7, 11) is 0. The number of thiophene rings is 1. The fraction of sp³-hybridized carbons (Fsp3) is 0.385. The normalized spacial score (nSPS) is 10.6. The highest BCUT2D eigenvalue weighted by atomic mass is 32.1. The lowest BCUT2D eigenvalue weighted by atomic mass is 10.1. The molecule has 0 aliphatic carbocycles. The molecule has 0 saturated heterocycles. The van der Waals surface area contributed by atoms with E-state index in [-0.39, 0.29) is 5.69 Å². The molecule has 0 unspecified atom stereocenters. The smallest absolute Gasteiger partial charge is 0.316 e. The van der Waals surface area contributed by atoms with E-state index in [1.807, 2.05) is 25.3 Å². The first-order valence-electron chi connectivity index (χ1n) is 6.35. The van der Waals surface area contributed by atoms with Gasteiger partial charge in [-0.25, -0.2) is 9.97 Å². The van der Waals surface area contributed by atoms with E-state index in [1.165, 1.54) is 0 Å². The van der Waals surface area contributed by atoms with Crippen LogP contribution in [0.15, 0.2) is 11.4 Å². The van der Waals surface area contributed by atoms with Crippen molar-refractivity contribution in [2.45, 2.75) is 27.2 Å². The number of hydrogen-bond donors (Lipinski definition) is 1. The van der Waals surface area contributed by atoms with Gasteiger partial charge < -0.3 is 5.32 Å². The fourth-order valence-electron chi connectivity index (χ4n) is 1.87. The molecule has 0 aliphatic rings. The average molecular weight is 292 g/mol. The Kier molecular flexibility index (Phi) is 4.29. The number of anilines is 1. The van der Waals surface area contributed by atoms with E-state index in [0.717, 1.165) is 23.4 Å². The van der Waals surface area contributed by atoms with Crippen molar-refractivity contribution in [3.8, 4) is 11.3 Å². The van der Waals surface area contributed by atoms with Crippen LogP contribution in [0.25, 0.3) is 11.3 Å². The number of nitro groups is 1. The maximum Gasteiger partial charge on any atom is 0.316 e. The van der Waals surface area contributed by atoms with Crippen LogP contribution in [0.4, 0.5) is 11.6 Å². The summed E-state index contributed by atoms with van der Waals surface area (Å²) in [6.45, 7) is 6.37. The number of hydrogen-bond acceptors (Lipinski definition) is 6. The fourth-order valence-corrected chi connectivity index (χ4v) is 2.56. The highest BCUT2D eigenvalue weighted by Gasteiger charge is 2.23. The van der Waals surface area contributed by atoms with Gasteiger partial charge in [0.2, 0.25) is 5.95 Å². The Morgan fingerprint density at radius 1 is 1.40 bits per heavy atom. The molecule has 2 aromatic heterocycles. The quantitative estimate of drug-likeness (QED) is 0.673. The van der Waals surface area contributed by atoms with Crippen molar-refractivity contribution < 1.29 is 4.92 Å². The van der Waals surface area contributed by atoms with Crippen molar-refractivity contribution in [1.29, 1.82) is 0 Å². The van der Waals surface area contributed by atoms with Crippen LogP contribution in [0.5, 0.6) is 0 Å². The van der Waals surface area contributed by atoms with E-state index < -0.39 is 4.92 Å². The van der Waals surface area contributed by atoms with Crippen molar-refractivity contribution in [2.24, 2.45) is 0 Å². The van der Waals surface area contributed by atoms with Crippen LogP contribution >= 0.6 is 11.3 Å².